The summed E-state index contributed by atoms with van der Waals surface area (Å²) in [5.74, 6) is 0.0219. The number of carbonyl (C=O) groups excluding carboxylic acids is 1. The summed E-state index contributed by atoms with van der Waals surface area (Å²) in [5, 5.41) is 0. The molecule has 0 spiro atoms. The van der Waals surface area contributed by atoms with E-state index in [1.54, 1.807) is 0 Å². The fraction of sp³-hybridized carbons (Fsp3) is 0.300. The summed E-state index contributed by atoms with van der Waals surface area (Å²) in [5.41, 5.74) is 3.00. The first kappa shape index (κ1) is 15.8. The van der Waals surface area contributed by atoms with Gasteiger partial charge in [0.15, 0.2) is 0 Å². The van der Waals surface area contributed by atoms with Crippen molar-refractivity contribution in [1.29, 1.82) is 0 Å². The van der Waals surface area contributed by atoms with E-state index in [9.17, 15) is 4.79 Å². The average molecular weight is 335 g/mol. The van der Waals surface area contributed by atoms with Gasteiger partial charge in [-0.1, -0.05) is 30.3 Å². The number of nitrogens with zero attached hydrogens (tertiary/aromatic N) is 3. The number of aryl methyl sites for hydroxylation is 1. The number of hydrogen-bond donors (Lipinski definition) is 0. The van der Waals surface area contributed by atoms with E-state index in [1.807, 2.05) is 78.0 Å². The van der Waals surface area contributed by atoms with Crippen LogP contribution in [0.25, 0.3) is 5.65 Å². The molecule has 0 bridgehead atoms. The summed E-state index contributed by atoms with van der Waals surface area (Å²) in [6.07, 6.45) is 3.84. The number of aromatic nitrogens is 2. The largest absolute Gasteiger partial charge is 0.367 e. The third kappa shape index (κ3) is 2.91. The van der Waals surface area contributed by atoms with Crippen molar-refractivity contribution >= 4 is 11.6 Å². The number of fused-ring (bicyclic) bond motifs is 1. The molecular weight excluding hydrogens is 314 g/mol. The lowest BCUT2D eigenvalue weighted by atomic mass is 9.93. The second kappa shape index (κ2) is 6.01. The molecule has 1 unspecified atom stereocenters. The number of benzene rings is 1. The summed E-state index contributed by atoms with van der Waals surface area (Å²) in [7, 11) is 0. The van der Waals surface area contributed by atoms with Gasteiger partial charge in [-0.05, 0) is 31.5 Å². The smallest absolute Gasteiger partial charge is 0.254 e. The van der Waals surface area contributed by atoms with Crippen LogP contribution in [-0.4, -0.2) is 39.9 Å². The van der Waals surface area contributed by atoms with Crippen LogP contribution in [0.15, 0.2) is 54.9 Å². The minimum absolute atomic E-state index is 0.0219. The van der Waals surface area contributed by atoms with Gasteiger partial charge in [0, 0.05) is 24.5 Å². The van der Waals surface area contributed by atoms with Gasteiger partial charge in [-0.2, -0.15) is 0 Å². The molecule has 1 aromatic carbocycles. The highest BCUT2D eigenvalue weighted by Gasteiger charge is 2.36. The SMILES string of the molecule is Cc1cn2ccc(C(=O)N3CCOC(C)(c4ccccc4)C3)cc2n1. The number of rotatable bonds is 2. The van der Waals surface area contributed by atoms with Gasteiger partial charge in [0.1, 0.15) is 11.2 Å². The molecule has 5 heteroatoms. The van der Waals surface area contributed by atoms with E-state index >= 15 is 0 Å². The summed E-state index contributed by atoms with van der Waals surface area (Å²) < 4.78 is 7.96. The van der Waals surface area contributed by atoms with Gasteiger partial charge >= 0.3 is 0 Å². The maximum absolute atomic E-state index is 13.0. The molecule has 0 saturated carbocycles. The number of pyridine rings is 1. The Morgan fingerprint density at radius 3 is 2.84 bits per heavy atom. The van der Waals surface area contributed by atoms with Crippen molar-refractivity contribution < 1.29 is 9.53 Å². The summed E-state index contributed by atoms with van der Waals surface area (Å²) in [4.78, 5) is 19.3. The maximum Gasteiger partial charge on any atom is 0.254 e. The van der Waals surface area contributed by atoms with Crippen LogP contribution in [0.4, 0.5) is 0 Å². The molecule has 1 saturated heterocycles. The number of morpholine rings is 1. The molecule has 2 aromatic heterocycles. The predicted octanol–water partition coefficient (Wildman–Crippen LogP) is 3.03. The second-order valence-corrected chi connectivity index (χ2v) is 6.74. The van der Waals surface area contributed by atoms with Crippen molar-refractivity contribution in [3.63, 3.8) is 0 Å². The van der Waals surface area contributed by atoms with E-state index in [-0.39, 0.29) is 5.91 Å². The maximum atomic E-state index is 13.0. The van der Waals surface area contributed by atoms with Gasteiger partial charge in [-0.25, -0.2) is 4.98 Å². The Balaban J connectivity index is 1.60. The van der Waals surface area contributed by atoms with Gasteiger partial charge in [0.2, 0.25) is 0 Å². The quantitative estimate of drug-likeness (QED) is 0.723. The van der Waals surface area contributed by atoms with Crippen LogP contribution in [0.2, 0.25) is 0 Å². The molecule has 0 aliphatic carbocycles. The first-order valence-electron chi connectivity index (χ1n) is 8.49. The molecule has 5 nitrogen and oxygen atoms in total. The minimum atomic E-state index is -0.483. The summed E-state index contributed by atoms with van der Waals surface area (Å²) >= 11 is 0. The van der Waals surface area contributed by atoms with Crippen molar-refractivity contribution in [2.45, 2.75) is 19.4 Å². The van der Waals surface area contributed by atoms with Gasteiger partial charge < -0.3 is 14.0 Å². The van der Waals surface area contributed by atoms with Crippen LogP contribution in [0.5, 0.6) is 0 Å². The molecule has 25 heavy (non-hydrogen) atoms. The zero-order valence-electron chi connectivity index (χ0n) is 14.5. The fourth-order valence-electron chi connectivity index (χ4n) is 3.43. The third-order valence-electron chi connectivity index (χ3n) is 4.77. The van der Waals surface area contributed by atoms with Gasteiger partial charge in [-0.3, -0.25) is 4.79 Å². The molecule has 128 valence electrons. The topological polar surface area (TPSA) is 46.8 Å². The number of imidazole rings is 1. The lowest BCUT2D eigenvalue weighted by molar-refractivity contribution is -0.0930. The van der Waals surface area contributed by atoms with Crippen LogP contribution in [-0.2, 0) is 10.3 Å². The molecule has 1 aliphatic rings. The summed E-state index contributed by atoms with van der Waals surface area (Å²) in [6, 6.07) is 13.8. The van der Waals surface area contributed by atoms with Crippen LogP contribution in [0.1, 0.15) is 28.5 Å². The lowest BCUT2D eigenvalue weighted by Gasteiger charge is -2.41. The minimum Gasteiger partial charge on any atom is -0.367 e. The van der Waals surface area contributed by atoms with Gasteiger partial charge in [0.05, 0.1) is 18.8 Å². The van der Waals surface area contributed by atoms with E-state index < -0.39 is 5.60 Å². The Labute approximate surface area is 146 Å². The summed E-state index contributed by atoms with van der Waals surface area (Å²) in [6.45, 7) is 5.65. The average Bonchev–Trinajstić information content (AvgIpc) is 3.01. The molecule has 3 heterocycles. The van der Waals surface area contributed by atoms with E-state index in [4.69, 9.17) is 4.74 Å². The van der Waals surface area contributed by atoms with Crippen molar-refractivity contribution in [1.82, 2.24) is 14.3 Å². The normalized spacial score (nSPS) is 20.8. The Morgan fingerprint density at radius 1 is 1.24 bits per heavy atom. The van der Waals surface area contributed by atoms with Crippen LogP contribution < -0.4 is 0 Å². The second-order valence-electron chi connectivity index (χ2n) is 6.74. The number of ether oxygens (including phenoxy) is 1. The Morgan fingerprint density at radius 2 is 2.04 bits per heavy atom. The molecule has 1 atom stereocenters. The predicted molar refractivity (Wildman–Crippen MR) is 95.6 cm³/mol. The molecule has 0 radical (unpaired) electrons. The van der Waals surface area contributed by atoms with Crippen LogP contribution in [0.3, 0.4) is 0 Å². The van der Waals surface area contributed by atoms with Crippen molar-refractivity contribution in [3.05, 3.63) is 71.7 Å². The monoisotopic (exact) mass is 335 g/mol. The van der Waals surface area contributed by atoms with E-state index in [0.717, 1.165) is 16.9 Å². The number of hydrogen-bond acceptors (Lipinski definition) is 3. The third-order valence-corrected chi connectivity index (χ3v) is 4.77. The number of carbonyl (C=O) groups is 1. The Bertz CT molecular complexity index is 919. The van der Waals surface area contributed by atoms with Crippen molar-refractivity contribution in [3.8, 4) is 0 Å². The lowest BCUT2D eigenvalue weighted by Crippen LogP contribution is -2.50. The van der Waals surface area contributed by atoms with E-state index in [1.165, 1.54) is 0 Å². The van der Waals surface area contributed by atoms with E-state index in [0.29, 0.717) is 25.3 Å². The molecular formula is C20H21N3O2. The highest BCUT2D eigenvalue weighted by molar-refractivity contribution is 5.95. The zero-order chi connectivity index (χ0) is 17.4. The van der Waals surface area contributed by atoms with Crippen LogP contribution in [0, 0.1) is 6.92 Å². The standard InChI is InChI=1S/C20H21N3O2/c1-15-13-22-9-8-16(12-18(22)21-15)19(24)23-10-11-25-20(2,14-23)17-6-4-3-5-7-17/h3-9,12-13H,10-11,14H2,1-2H3. The van der Waals surface area contributed by atoms with Gasteiger partial charge in [0.25, 0.3) is 5.91 Å². The fourth-order valence-corrected chi connectivity index (χ4v) is 3.43. The molecule has 0 N–H and O–H groups in total. The highest BCUT2D eigenvalue weighted by atomic mass is 16.5. The number of amides is 1. The Kier molecular flexibility index (Phi) is 3.81. The molecule has 1 fully saturated rings. The Hall–Kier alpha value is -2.66. The zero-order valence-corrected chi connectivity index (χ0v) is 14.5. The van der Waals surface area contributed by atoms with Crippen molar-refractivity contribution in [2.24, 2.45) is 0 Å². The molecule has 1 amide bonds. The first-order valence-corrected chi connectivity index (χ1v) is 8.49. The first-order chi connectivity index (χ1) is 12.0. The van der Waals surface area contributed by atoms with Gasteiger partial charge in [-0.15, -0.1) is 0 Å². The molecule has 1 aliphatic heterocycles. The highest BCUT2D eigenvalue weighted by Crippen LogP contribution is 2.30. The molecule has 3 aromatic rings. The van der Waals surface area contributed by atoms with E-state index in [2.05, 4.69) is 4.98 Å². The van der Waals surface area contributed by atoms with Crippen LogP contribution >= 0.6 is 0 Å². The van der Waals surface area contributed by atoms with Crippen molar-refractivity contribution in [2.75, 3.05) is 19.7 Å². The molecule has 4 rings (SSSR count).